The van der Waals surface area contributed by atoms with E-state index in [1.54, 1.807) is 0 Å². The van der Waals surface area contributed by atoms with E-state index in [4.69, 9.17) is 4.74 Å². The zero-order valence-corrected chi connectivity index (χ0v) is 10.1. The molecule has 1 atom stereocenters. The Morgan fingerprint density at radius 3 is 2.36 bits per heavy atom. The Morgan fingerprint density at radius 1 is 1.07 bits per heavy atom. The number of unbranched alkanes of at least 4 members (excludes halogenated alkanes) is 5. The quantitative estimate of drug-likeness (QED) is 0.475. The molecule has 0 fully saturated rings. The fourth-order valence-corrected chi connectivity index (χ4v) is 1.54. The Hall–Kier alpha value is -0.0400. The van der Waals surface area contributed by atoms with Crippen molar-refractivity contribution in [3.8, 4) is 0 Å². The Morgan fingerprint density at radius 2 is 1.71 bits per heavy atom. The van der Waals surface area contributed by atoms with Crippen LogP contribution in [-0.2, 0) is 4.74 Å². The molecule has 0 aliphatic heterocycles. The monoisotopic (exact) mass is 199 g/mol. The van der Waals surface area contributed by atoms with Gasteiger partial charge in [-0.25, -0.2) is 0 Å². The van der Waals surface area contributed by atoms with Crippen molar-refractivity contribution in [2.24, 2.45) is 0 Å². The first-order valence-electron chi connectivity index (χ1n) is 6.22. The first-order valence-corrected chi connectivity index (χ1v) is 6.22. The van der Waals surface area contributed by atoms with Crippen molar-refractivity contribution in [2.75, 3.05) is 6.61 Å². The van der Waals surface area contributed by atoms with E-state index in [2.05, 4.69) is 20.8 Å². The summed E-state index contributed by atoms with van der Waals surface area (Å²) in [7, 11) is 0. The SMILES string of the molecule is [CH2]CCC(C)OCCCCCCCC. The van der Waals surface area contributed by atoms with Crippen LogP contribution in [0, 0.1) is 6.92 Å². The molecule has 0 aromatic rings. The second-order valence-corrected chi connectivity index (χ2v) is 4.09. The molecule has 0 bridgehead atoms. The maximum Gasteiger partial charge on any atom is 0.0547 e. The average molecular weight is 199 g/mol. The molecular weight excluding hydrogens is 172 g/mol. The summed E-state index contributed by atoms with van der Waals surface area (Å²) >= 11 is 0. The van der Waals surface area contributed by atoms with E-state index >= 15 is 0 Å². The van der Waals surface area contributed by atoms with Gasteiger partial charge in [0.25, 0.3) is 0 Å². The van der Waals surface area contributed by atoms with Crippen molar-refractivity contribution < 1.29 is 4.74 Å². The maximum atomic E-state index is 5.65. The highest BCUT2D eigenvalue weighted by atomic mass is 16.5. The molecule has 0 aliphatic rings. The number of rotatable bonds is 10. The lowest BCUT2D eigenvalue weighted by Gasteiger charge is -2.11. The molecule has 0 N–H and O–H groups in total. The normalized spacial score (nSPS) is 13.1. The highest BCUT2D eigenvalue weighted by molar-refractivity contribution is 4.52. The predicted octanol–water partition coefficient (Wildman–Crippen LogP) is 4.37. The lowest BCUT2D eigenvalue weighted by molar-refractivity contribution is 0.0581. The van der Waals surface area contributed by atoms with Crippen LogP contribution in [-0.4, -0.2) is 12.7 Å². The highest BCUT2D eigenvalue weighted by Crippen LogP contribution is 2.06. The molecule has 1 nitrogen and oxygen atoms in total. The number of hydrogen-bond acceptors (Lipinski definition) is 1. The van der Waals surface area contributed by atoms with Gasteiger partial charge in [0.1, 0.15) is 0 Å². The van der Waals surface area contributed by atoms with Gasteiger partial charge in [-0.15, -0.1) is 0 Å². The van der Waals surface area contributed by atoms with Gasteiger partial charge in [-0.1, -0.05) is 52.4 Å². The lowest BCUT2D eigenvalue weighted by atomic mass is 10.1. The summed E-state index contributed by atoms with van der Waals surface area (Å²) in [6, 6.07) is 0. The Kier molecular flexibility index (Phi) is 11.0. The molecule has 0 rings (SSSR count). The third-order valence-electron chi connectivity index (χ3n) is 2.51. The van der Waals surface area contributed by atoms with Gasteiger partial charge in [0.15, 0.2) is 0 Å². The Balaban J connectivity index is 2.98. The largest absolute Gasteiger partial charge is 0.379 e. The van der Waals surface area contributed by atoms with E-state index in [1.165, 1.54) is 38.5 Å². The molecule has 0 aromatic heterocycles. The van der Waals surface area contributed by atoms with Gasteiger partial charge in [0.2, 0.25) is 0 Å². The molecule has 1 radical (unpaired) electrons. The van der Waals surface area contributed by atoms with E-state index < -0.39 is 0 Å². The summed E-state index contributed by atoms with van der Waals surface area (Å²) in [5, 5.41) is 0. The predicted molar refractivity (Wildman–Crippen MR) is 63.4 cm³/mol. The van der Waals surface area contributed by atoms with E-state index in [0.29, 0.717) is 6.10 Å². The van der Waals surface area contributed by atoms with Gasteiger partial charge in [-0.2, -0.15) is 0 Å². The van der Waals surface area contributed by atoms with Crippen molar-refractivity contribution in [1.82, 2.24) is 0 Å². The minimum absolute atomic E-state index is 0.406. The fraction of sp³-hybridized carbons (Fsp3) is 0.923. The van der Waals surface area contributed by atoms with Gasteiger partial charge in [0, 0.05) is 6.61 Å². The lowest BCUT2D eigenvalue weighted by Crippen LogP contribution is -2.08. The van der Waals surface area contributed by atoms with Crippen molar-refractivity contribution in [3.63, 3.8) is 0 Å². The second kappa shape index (κ2) is 11.0. The first kappa shape index (κ1) is 14.0. The highest BCUT2D eigenvalue weighted by Gasteiger charge is 1.99. The van der Waals surface area contributed by atoms with E-state index in [-0.39, 0.29) is 0 Å². The molecule has 0 saturated heterocycles. The molecule has 14 heavy (non-hydrogen) atoms. The number of hydrogen-bond donors (Lipinski definition) is 0. The van der Waals surface area contributed by atoms with E-state index in [0.717, 1.165) is 19.4 Å². The van der Waals surface area contributed by atoms with Crippen molar-refractivity contribution in [3.05, 3.63) is 6.92 Å². The van der Waals surface area contributed by atoms with Gasteiger partial charge >= 0.3 is 0 Å². The van der Waals surface area contributed by atoms with Crippen molar-refractivity contribution in [2.45, 2.75) is 71.3 Å². The fourth-order valence-electron chi connectivity index (χ4n) is 1.54. The minimum atomic E-state index is 0.406. The van der Waals surface area contributed by atoms with Gasteiger partial charge in [-0.3, -0.25) is 0 Å². The van der Waals surface area contributed by atoms with Gasteiger partial charge in [-0.05, 0) is 19.8 Å². The number of ether oxygens (including phenoxy) is 1. The van der Waals surface area contributed by atoms with Crippen LogP contribution < -0.4 is 0 Å². The molecule has 0 saturated carbocycles. The Labute approximate surface area is 90.2 Å². The van der Waals surface area contributed by atoms with Crippen LogP contribution in [0.3, 0.4) is 0 Å². The van der Waals surface area contributed by atoms with Crippen LogP contribution in [0.15, 0.2) is 0 Å². The standard InChI is InChI=1S/C13H27O/c1-4-6-7-8-9-10-12-14-13(3)11-5-2/h13H,2,4-12H2,1,3H3. The molecular formula is C13H27O. The summed E-state index contributed by atoms with van der Waals surface area (Å²) in [6.45, 7) is 9.16. The Bertz CT molecular complexity index is 101. The smallest absolute Gasteiger partial charge is 0.0547 e. The molecule has 0 amide bonds. The molecule has 0 aromatic carbocycles. The summed E-state index contributed by atoms with van der Waals surface area (Å²) in [5.41, 5.74) is 0. The molecule has 0 spiro atoms. The van der Waals surface area contributed by atoms with Crippen LogP contribution in [0.25, 0.3) is 0 Å². The maximum absolute atomic E-state index is 5.65. The first-order chi connectivity index (χ1) is 6.81. The summed E-state index contributed by atoms with van der Waals surface area (Å²) in [6.07, 6.45) is 10.5. The molecule has 0 aliphatic carbocycles. The van der Waals surface area contributed by atoms with Crippen LogP contribution in [0.1, 0.15) is 65.2 Å². The van der Waals surface area contributed by atoms with Crippen molar-refractivity contribution in [1.29, 1.82) is 0 Å². The van der Waals surface area contributed by atoms with Crippen molar-refractivity contribution >= 4 is 0 Å². The van der Waals surface area contributed by atoms with Crippen LogP contribution >= 0.6 is 0 Å². The van der Waals surface area contributed by atoms with Crippen LogP contribution in [0.2, 0.25) is 0 Å². The topological polar surface area (TPSA) is 9.23 Å². The third-order valence-corrected chi connectivity index (χ3v) is 2.51. The summed E-state index contributed by atoms with van der Waals surface area (Å²) in [4.78, 5) is 0. The van der Waals surface area contributed by atoms with Crippen LogP contribution in [0.4, 0.5) is 0 Å². The van der Waals surface area contributed by atoms with Gasteiger partial charge < -0.3 is 4.74 Å². The van der Waals surface area contributed by atoms with E-state index in [1.807, 2.05) is 0 Å². The summed E-state index contributed by atoms with van der Waals surface area (Å²) in [5.74, 6) is 0. The van der Waals surface area contributed by atoms with E-state index in [9.17, 15) is 0 Å². The summed E-state index contributed by atoms with van der Waals surface area (Å²) < 4.78 is 5.65. The minimum Gasteiger partial charge on any atom is -0.379 e. The molecule has 1 heteroatoms. The molecule has 85 valence electrons. The average Bonchev–Trinajstić information content (AvgIpc) is 2.17. The van der Waals surface area contributed by atoms with Gasteiger partial charge in [0.05, 0.1) is 6.10 Å². The zero-order chi connectivity index (χ0) is 10.6. The van der Waals surface area contributed by atoms with Crippen LogP contribution in [0.5, 0.6) is 0 Å². The zero-order valence-electron chi connectivity index (χ0n) is 10.1. The second-order valence-electron chi connectivity index (χ2n) is 4.09. The third kappa shape index (κ3) is 10.0. The molecule has 1 unspecified atom stereocenters. The molecule has 0 heterocycles.